The molecule has 0 aliphatic carbocycles. The van der Waals surface area contributed by atoms with E-state index in [4.69, 9.17) is 9.72 Å². The Morgan fingerprint density at radius 3 is 2.43 bits per heavy atom. The van der Waals surface area contributed by atoms with E-state index in [9.17, 15) is 13.2 Å². The molecule has 228 valence electrons. The zero-order valence-electron chi connectivity index (χ0n) is 24.4. The first-order valence-electron chi connectivity index (χ1n) is 14.4. The molecule has 0 atom stereocenters. The van der Waals surface area contributed by atoms with Gasteiger partial charge in [0.15, 0.2) is 5.52 Å². The fourth-order valence-electron chi connectivity index (χ4n) is 5.18. The van der Waals surface area contributed by atoms with Gasteiger partial charge in [0.25, 0.3) is 5.56 Å². The van der Waals surface area contributed by atoms with Crippen molar-refractivity contribution in [3.8, 4) is 17.3 Å². The molecule has 1 saturated heterocycles. The number of sulfonamides is 1. The quantitative estimate of drug-likeness (QED) is 0.245. The second kappa shape index (κ2) is 12.5. The minimum atomic E-state index is -3.93. The van der Waals surface area contributed by atoms with Gasteiger partial charge in [0, 0.05) is 44.8 Å². The van der Waals surface area contributed by atoms with Gasteiger partial charge in [-0.25, -0.2) is 28.4 Å². The lowest BCUT2D eigenvalue weighted by atomic mass is 10.2. The highest BCUT2D eigenvalue weighted by molar-refractivity contribution is 7.89. The molecule has 0 unspecified atom stereocenters. The maximum absolute atomic E-state index is 13.8. The molecule has 14 nitrogen and oxygen atoms in total. The van der Waals surface area contributed by atoms with Crippen LogP contribution < -0.4 is 15.2 Å². The summed E-state index contributed by atoms with van der Waals surface area (Å²) in [5.41, 5.74) is 2.04. The van der Waals surface area contributed by atoms with Crippen molar-refractivity contribution in [3.05, 3.63) is 76.9 Å². The van der Waals surface area contributed by atoms with Crippen molar-refractivity contribution in [2.24, 2.45) is 0 Å². The van der Waals surface area contributed by atoms with E-state index >= 15 is 0 Å². The molecule has 1 fully saturated rings. The van der Waals surface area contributed by atoms with Crippen LogP contribution in [-0.4, -0.2) is 85.2 Å². The number of nitrogens with one attached hydrogen (secondary N) is 1. The van der Waals surface area contributed by atoms with Crippen molar-refractivity contribution in [1.29, 1.82) is 0 Å². The maximum atomic E-state index is 13.8. The van der Waals surface area contributed by atoms with Crippen LogP contribution in [0.5, 0.6) is 5.88 Å². The second-order valence-electron chi connectivity index (χ2n) is 10.2. The first-order chi connectivity index (χ1) is 21.4. The Morgan fingerprint density at radius 1 is 0.955 bits per heavy atom. The number of aromatic nitrogens is 8. The van der Waals surface area contributed by atoms with Crippen LogP contribution in [0.15, 0.2) is 64.8 Å². The van der Waals surface area contributed by atoms with Gasteiger partial charge in [-0.3, -0.25) is 14.5 Å². The van der Waals surface area contributed by atoms with Crippen molar-refractivity contribution in [3.63, 3.8) is 0 Å². The Morgan fingerprint density at radius 2 is 1.73 bits per heavy atom. The fourth-order valence-corrected chi connectivity index (χ4v) is 6.57. The predicted octanol–water partition coefficient (Wildman–Crippen LogP) is 2.28. The summed E-state index contributed by atoms with van der Waals surface area (Å²) in [4.78, 5) is 40.1. The van der Waals surface area contributed by atoms with Gasteiger partial charge in [0.2, 0.25) is 21.9 Å². The number of piperazine rings is 1. The van der Waals surface area contributed by atoms with E-state index in [-0.39, 0.29) is 47.4 Å². The number of rotatable bonds is 10. The Hall–Kier alpha value is -4.76. The van der Waals surface area contributed by atoms with Gasteiger partial charge >= 0.3 is 0 Å². The molecule has 15 heteroatoms. The van der Waals surface area contributed by atoms with Crippen LogP contribution in [0.4, 0.5) is 5.95 Å². The van der Waals surface area contributed by atoms with Crippen molar-refractivity contribution >= 4 is 27.0 Å². The van der Waals surface area contributed by atoms with Crippen LogP contribution in [0, 0.1) is 0 Å². The molecule has 1 aliphatic rings. The van der Waals surface area contributed by atoms with Gasteiger partial charge in [-0.15, -0.1) is 0 Å². The molecular formula is C29H32N10O4S. The van der Waals surface area contributed by atoms with Crippen molar-refractivity contribution in [1.82, 2.24) is 44.0 Å². The molecule has 0 spiro atoms. The molecular weight excluding hydrogens is 584 g/mol. The van der Waals surface area contributed by atoms with E-state index in [0.29, 0.717) is 37.5 Å². The molecule has 1 N–H and O–H groups in total. The highest BCUT2D eigenvalue weighted by Crippen LogP contribution is 2.30. The Balaban J connectivity index is 1.36. The van der Waals surface area contributed by atoms with Gasteiger partial charge < -0.3 is 14.6 Å². The first-order valence-corrected chi connectivity index (χ1v) is 15.9. The number of fused-ring (bicyclic) bond motifs is 1. The predicted molar refractivity (Wildman–Crippen MR) is 163 cm³/mol. The van der Waals surface area contributed by atoms with Crippen LogP contribution in [0.1, 0.15) is 31.7 Å². The number of hydrogen-bond acceptors (Lipinski definition) is 11. The standard InChI is InChI=1S/C29H32N10O4S/c1-3-8-23-24-25(36-39(23)19-20-9-5-6-10-30-20)27(40)35-26(34-24)22-17-21(18-33-28(22)43-4-2)44(41,42)38-15-13-37(14-16-38)29-31-11-7-12-32-29/h5-7,9-12,17-18H,3-4,8,13-16,19H2,1-2H3,(H,34,35,40). The number of nitrogens with zero attached hydrogens (tertiary/aromatic N) is 9. The lowest BCUT2D eigenvalue weighted by Gasteiger charge is -2.33. The van der Waals surface area contributed by atoms with Gasteiger partial charge in [0.05, 0.1) is 36.3 Å². The lowest BCUT2D eigenvalue weighted by Crippen LogP contribution is -2.49. The van der Waals surface area contributed by atoms with Crippen LogP contribution in [0.2, 0.25) is 0 Å². The summed E-state index contributed by atoms with van der Waals surface area (Å²) in [6, 6.07) is 8.83. The summed E-state index contributed by atoms with van der Waals surface area (Å²) in [5, 5.41) is 4.57. The van der Waals surface area contributed by atoms with Gasteiger partial charge in [-0.1, -0.05) is 19.4 Å². The summed E-state index contributed by atoms with van der Waals surface area (Å²) in [7, 11) is -3.93. The van der Waals surface area contributed by atoms with Gasteiger partial charge in [0.1, 0.15) is 16.2 Å². The molecule has 5 aromatic rings. The van der Waals surface area contributed by atoms with Crippen LogP contribution >= 0.6 is 0 Å². The summed E-state index contributed by atoms with van der Waals surface area (Å²) in [6.45, 7) is 5.88. The zero-order valence-corrected chi connectivity index (χ0v) is 25.2. The van der Waals surface area contributed by atoms with E-state index in [0.717, 1.165) is 17.8 Å². The number of ether oxygens (including phenoxy) is 1. The van der Waals surface area contributed by atoms with Crippen LogP contribution in [0.3, 0.4) is 0 Å². The van der Waals surface area contributed by atoms with Gasteiger partial charge in [-0.05, 0) is 37.6 Å². The van der Waals surface area contributed by atoms with Crippen molar-refractivity contribution in [2.75, 3.05) is 37.7 Å². The fraction of sp³-hybridized carbons (Fsp3) is 0.345. The summed E-state index contributed by atoms with van der Waals surface area (Å²) in [5.74, 6) is 0.875. The Kier molecular flexibility index (Phi) is 8.30. The number of hydrogen-bond donors (Lipinski definition) is 1. The van der Waals surface area contributed by atoms with E-state index in [1.807, 2.05) is 30.0 Å². The first kappa shape index (κ1) is 29.3. The monoisotopic (exact) mass is 616 g/mol. The highest BCUT2D eigenvalue weighted by Gasteiger charge is 2.31. The third-order valence-corrected chi connectivity index (χ3v) is 9.16. The third-order valence-electron chi connectivity index (χ3n) is 7.30. The van der Waals surface area contributed by atoms with E-state index < -0.39 is 15.6 Å². The minimum absolute atomic E-state index is 0.0252. The van der Waals surface area contributed by atoms with Crippen molar-refractivity contribution in [2.45, 2.75) is 38.1 Å². The number of aromatic amines is 1. The van der Waals surface area contributed by atoms with Gasteiger partial charge in [-0.2, -0.15) is 9.40 Å². The van der Waals surface area contributed by atoms with E-state index in [1.54, 1.807) is 36.3 Å². The molecule has 6 rings (SSSR count). The summed E-state index contributed by atoms with van der Waals surface area (Å²) >= 11 is 0. The SMILES string of the molecule is CCCc1c2nc(-c3cc(S(=O)(=O)N4CCN(c5ncccn5)CC4)cnc3OCC)[nH]c(=O)c2nn1Cc1ccccn1. The summed E-state index contributed by atoms with van der Waals surface area (Å²) < 4.78 is 36.4. The van der Waals surface area contributed by atoms with E-state index in [1.165, 1.54) is 16.6 Å². The maximum Gasteiger partial charge on any atom is 0.279 e. The van der Waals surface area contributed by atoms with Crippen molar-refractivity contribution < 1.29 is 13.2 Å². The molecule has 0 saturated carbocycles. The second-order valence-corrected chi connectivity index (χ2v) is 12.1. The Labute approximate surface area is 253 Å². The number of anilines is 1. The normalized spacial score (nSPS) is 14.3. The Bertz CT molecular complexity index is 1920. The number of H-pyrrole nitrogens is 1. The number of aryl methyl sites for hydroxylation is 1. The van der Waals surface area contributed by atoms with Crippen LogP contribution in [-0.2, 0) is 23.0 Å². The molecule has 0 amide bonds. The summed E-state index contributed by atoms with van der Waals surface area (Å²) in [6.07, 6.45) is 7.73. The van der Waals surface area contributed by atoms with Crippen LogP contribution in [0.25, 0.3) is 22.4 Å². The zero-order chi connectivity index (χ0) is 30.7. The average molecular weight is 617 g/mol. The molecule has 0 bridgehead atoms. The smallest absolute Gasteiger partial charge is 0.279 e. The molecule has 1 aliphatic heterocycles. The van der Waals surface area contributed by atoms with E-state index in [2.05, 4.69) is 30.0 Å². The largest absolute Gasteiger partial charge is 0.477 e. The molecule has 44 heavy (non-hydrogen) atoms. The topological polar surface area (TPSA) is 165 Å². The third kappa shape index (κ3) is 5.75. The molecule has 0 radical (unpaired) electrons. The minimum Gasteiger partial charge on any atom is -0.477 e. The average Bonchev–Trinajstić information content (AvgIpc) is 3.39. The number of pyridine rings is 2. The molecule has 0 aromatic carbocycles. The molecule has 6 heterocycles. The lowest BCUT2D eigenvalue weighted by molar-refractivity contribution is 0.327. The highest BCUT2D eigenvalue weighted by atomic mass is 32.2. The molecule has 5 aromatic heterocycles.